The second kappa shape index (κ2) is 5.17. The molecule has 0 bridgehead atoms. The van der Waals surface area contributed by atoms with Crippen LogP contribution in [0.3, 0.4) is 0 Å². The van der Waals surface area contributed by atoms with Gasteiger partial charge in [-0.05, 0) is 30.5 Å². The smallest absolute Gasteiger partial charge is 0.0844 e. The predicted octanol–water partition coefficient (Wildman–Crippen LogP) is 3.19. The molecule has 0 aliphatic carbocycles. The van der Waals surface area contributed by atoms with Crippen LogP contribution in [0.25, 0.3) is 0 Å². The Morgan fingerprint density at radius 1 is 1.56 bits per heavy atom. The fourth-order valence-electron chi connectivity index (χ4n) is 2.38. The molecule has 0 spiro atoms. The topological polar surface area (TPSA) is 29.5 Å². The first-order valence-corrected chi connectivity index (χ1v) is 6.15. The number of hydrogen-bond donors (Lipinski definition) is 1. The van der Waals surface area contributed by atoms with Crippen LogP contribution in [0.15, 0.2) is 24.3 Å². The molecule has 1 saturated heterocycles. The van der Waals surface area contributed by atoms with Crippen molar-refractivity contribution in [2.45, 2.75) is 32.0 Å². The van der Waals surface area contributed by atoms with Gasteiger partial charge in [-0.3, -0.25) is 0 Å². The summed E-state index contributed by atoms with van der Waals surface area (Å²) in [5, 5.41) is 11.0. The summed E-state index contributed by atoms with van der Waals surface area (Å²) in [6.45, 7) is 2.84. The molecule has 0 saturated carbocycles. The van der Waals surface area contributed by atoms with E-state index in [1.165, 1.54) is 0 Å². The van der Waals surface area contributed by atoms with Crippen molar-refractivity contribution in [3.05, 3.63) is 34.9 Å². The highest BCUT2D eigenvalue weighted by atomic mass is 35.5. The van der Waals surface area contributed by atoms with Crippen molar-refractivity contribution in [2.75, 3.05) is 6.61 Å². The molecule has 16 heavy (non-hydrogen) atoms. The average molecular weight is 241 g/mol. The van der Waals surface area contributed by atoms with Gasteiger partial charge in [0.15, 0.2) is 0 Å². The Labute approximate surface area is 101 Å². The molecule has 3 heteroatoms. The lowest BCUT2D eigenvalue weighted by Gasteiger charge is -2.23. The number of hydrogen-bond acceptors (Lipinski definition) is 2. The maximum atomic E-state index is 10.3. The van der Waals surface area contributed by atoms with Gasteiger partial charge in [-0.2, -0.15) is 0 Å². The molecule has 0 radical (unpaired) electrons. The molecule has 1 aliphatic rings. The second-order valence-electron chi connectivity index (χ2n) is 4.27. The molecule has 2 nitrogen and oxygen atoms in total. The molecule has 3 atom stereocenters. The number of benzene rings is 1. The summed E-state index contributed by atoms with van der Waals surface area (Å²) in [6.07, 6.45) is 1.58. The van der Waals surface area contributed by atoms with Crippen LogP contribution in [-0.2, 0) is 4.74 Å². The highest BCUT2D eigenvalue weighted by Crippen LogP contribution is 2.35. The molecule has 1 heterocycles. The molecule has 1 aromatic rings. The van der Waals surface area contributed by atoms with Gasteiger partial charge < -0.3 is 9.84 Å². The molecular weight excluding hydrogens is 224 g/mol. The lowest BCUT2D eigenvalue weighted by atomic mass is 9.89. The van der Waals surface area contributed by atoms with Crippen molar-refractivity contribution in [1.29, 1.82) is 0 Å². The zero-order valence-electron chi connectivity index (χ0n) is 9.40. The van der Waals surface area contributed by atoms with Gasteiger partial charge in [0.2, 0.25) is 0 Å². The van der Waals surface area contributed by atoms with Crippen LogP contribution in [0, 0.1) is 5.92 Å². The standard InChI is InChI=1S/C13H17ClO2/c1-2-12-11(6-7-16-12)13(15)9-4-3-5-10(14)8-9/h3-5,8,11-13,15H,2,6-7H2,1H3. The van der Waals surface area contributed by atoms with Gasteiger partial charge in [0.25, 0.3) is 0 Å². The lowest BCUT2D eigenvalue weighted by Crippen LogP contribution is -2.21. The average Bonchev–Trinajstić information content (AvgIpc) is 2.76. The summed E-state index contributed by atoms with van der Waals surface area (Å²) in [7, 11) is 0. The van der Waals surface area contributed by atoms with E-state index in [1.807, 2.05) is 24.3 Å². The zero-order chi connectivity index (χ0) is 11.5. The lowest BCUT2D eigenvalue weighted by molar-refractivity contribution is 0.0307. The largest absolute Gasteiger partial charge is 0.388 e. The van der Waals surface area contributed by atoms with Crippen LogP contribution in [-0.4, -0.2) is 17.8 Å². The van der Waals surface area contributed by atoms with Gasteiger partial charge in [0, 0.05) is 17.5 Å². The Morgan fingerprint density at radius 2 is 2.38 bits per heavy atom. The van der Waals surface area contributed by atoms with E-state index in [9.17, 15) is 5.11 Å². The van der Waals surface area contributed by atoms with Crippen molar-refractivity contribution in [2.24, 2.45) is 5.92 Å². The molecule has 88 valence electrons. The summed E-state index contributed by atoms with van der Waals surface area (Å²) in [5.41, 5.74) is 0.890. The van der Waals surface area contributed by atoms with Gasteiger partial charge in [-0.25, -0.2) is 0 Å². The molecule has 0 amide bonds. The first-order valence-electron chi connectivity index (χ1n) is 5.77. The Kier molecular flexibility index (Phi) is 3.85. The summed E-state index contributed by atoms with van der Waals surface area (Å²) >= 11 is 5.92. The normalized spacial score (nSPS) is 26.9. The van der Waals surface area contributed by atoms with E-state index in [4.69, 9.17) is 16.3 Å². The van der Waals surface area contributed by atoms with Crippen LogP contribution >= 0.6 is 11.6 Å². The highest BCUT2D eigenvalue weighted by Gasteiger charge is 2.33. The molecule has 1 fully saturated rings. The minimum atomic E-state index is -0.467. The van der Waals surface area contributed by atoms with E-state index in [1.54, 1.807) is 0 Å². The summed E-state index contributed by atoms with van der Waals surface area (Å²) < 4.78 is 5.59. The maximum absolute atomic E-state index is 10.3. The van der Waals surface area contributed by atoms with Gasteiger partial charge in [0.05, 0.1) is 12.2 Å². The monoisotopic (exact) mass is 240 g/mol. The van der Waals surface area contributed by atoms with Crippen LogP contribution in [0.5, 0.6) is 0 Å². The Bertz CT molecular complexity index is 354. The van der Waals surface area contributed by atoms with Crippen molar-refractivity contribution >= 4 is 11.6 Å². The van der Waals surface area contributed by atoms with Gasteiger partial charge in [-0.1, -0.05) is 30.7 Å². The fourth-order valence-corrected chi connectivity index (χ4v) is 2.58. The van der Waals surface area contributed by atoms with E-state index in [2.05, 4.69) is 6.92 Å². The van der Waals surface area contributed by atoms with E-state index in [0.29, 0.717) is 5.02 Å². The quantitative estimate of drug-likeness (QED) is 0.879. The molecule has 1 aliphatic heterocycles. The zero-order valence-corrected chi connectivity index (χ0v) is 10.2. The molecule has 2 rings (SSSR count). The molecule has 1 aromatic carbocycles. The molecule has 1 N–H and O–H groups in total. The Morgan fingerprint density at radius 3 is 3.06 bits per heavy atom. The number of halogens is 1. The highest BCUT2D eigenvalue weighted by molar-refractivity contribution is 6.30. The third-order valence-corrected chi connectivity index (χ3v) is 3.49. The van der Waals surface area contributed by atoms with E-state index in [0.717, 1.165) is 25.0 Å². The summed E-state index contributed by atoms with van der Waals surface area (Å²) in [5.74, 6) is 0.198. The minimum absolute atomic E-state index is 0.175. The van der Waals surface area contributed by atoms with Crippen LogP contribution in [0.1, 0.15) is 31.4 Å². The van der Waals surface area contributed by atoms with Crippen LogP contribution in [0.2, 0.25) is 5.02 Å². The first-order chi connectivity index (χ1) is 7.72. The summed E-state index contributed by atoms with van der Waals surface area (Å²) in [4.78, 5) is 0. The van der Waals surface area contributed by atoms with Gasteiger partial charge >= 0.3 is 0 Å². The molecule has 3 unspecified atom stereocenters. The van der Waals surface area contributed by atoms with Crippen molar-refractivity contribution in [3.63, 3.8) is 0 Å². The van der Waals surface area contributed by atoms with E-state index in [-0.39, 0.29) is 12.0 Å². The van der Waals surface area contributed by atoms with Crippen molar-refractivity contribution < 1.29 is 9.84 Å². The van der Waals surface area contributed by atoms with E-state index < -0.39 is 6.10 Å². The Balaban J connectivity index is 2.15. The number of ether oxygens (including phenoxy) is 1. The number of aliphatic hydroxyl groups excluding tert-OH is 1. The molecule has 0 aromatic heterocycles. The maximum Gasteiger partial charge on any atom is 0.0844 e. The van der Waals surface area contributed by atoms with Crippen LogP contribution in [0.4, 0.5) is 0 Å². The number of rotatable bonds is 3. The molecular formula is C13H17ClO2. The van der Waals surface area contributed by atoms with Crippen molar-refractivity contribution in [1.82, 2.24) is 0 Å². The van der Waals surface area contributed by atoms with Crippen LogP contribution < -0.4 is 0 Å². The van der Waals surface area contributed by atoms with Gasteiger partial charge in [-0.15, -0.1) is 0 Å². The fraction of sp³-hybridized carbons (Fsp3) is 0.538. The SMILES string of the molecule is CCC1OCCC1C(O)c1cccc(Cl)c1. The third-order valence-electron chi connectivity index (χ3n) is 3.26. The Hall–Kier alpha value is -0.570. The minimum Gasteiger partial charge on any atom is -0.388 e. The van der Waals surface area contributed by atoms with Crippen molar-refractivity contribution in [3.8, 4) is 0 Å². The van der Waals surface area contributed by atoms with E-state index >= 15 is 0 Å². The van der Waals surface area contributed by atoms with Gasteiger partial charge in [0.1, 0.15) is 0 Å². The first kappa shape index (κ1) is 11.9. The summed E-state index contributed by atoms with van der Waals surface area (Å²) in [6, 6.07) is 7.44. The predicted molar refractivity (Wildman–Crippen MR) is 64.5 cm³/mol. The second-order valence-corrected chi connectivity index (χ2v) is 4.71. The number of aliphatic hydroxyl groups is 1. The third kappa shape index (κ3) is 2.40.